The molecule has 0 saturated carbocycles. The summed E-state index contributed by atoms with van der Waals surface area (Å²) >= 11 is 0. The zero-order chi connectivity index (χ0) is 14.7. The first kappa shape index (κ1) is 12.9. The summed E-state index contributed by atoms with van der Waals surface area (Å²) in [5.41, 5.74) is 4.92. The van der Waals surface area contributed by atoms with E-state index in [4.69, 9.17) is 13.9 Å². The third kappa shape index (κ3) is 2.89. The van der Waals surface area contributed by atoms with Crippen LogP contribution in [0, 0.1) is 0 Å². The van der Waals surface area contributed by atoms with Crippen LogP contribution in [0.3, 0.4) is 0 Å². The highest BCUT2D eigenvalue weighted by Gasteiger charge is 2.14. The highest BCUT2D eigenvalue weighted by molar-refractivity contribution is 5.95. The van der Waals surface area contributed by atoms with Crippen molar-refractivity contribution in [2.24, 2.45) is 0 Å². The van der Waals surface area contributed by atoms with Gasteiger partial charge in [-0.15, -0.1) is 0 Å². The average Bonchev–Trinajstić information content (AvgIpc) is 3.15. The lowest BCUT2D eigenvalue weighted by Crippen LogP contribution is -2.43. The minimum Gasteiger partial charge on any atom is -0.459 e. The van der Waals surface area contributed by atoms with Crippen molar-refractivity contribution in [1.29, 1.82) is 0 Å². The van der Waals surface area contributed by atoms with Gasteiger partial charge in [0.1, 0.15) is 0 Å². The normalized spacial score (nSPS) is 11.8. The summed E-state index contributed by atoms with van der Waals surface area (Å²) in [6.45, 7) is 0.157. The van der Waals surface area contributed by atoms with E-state index in [9.17, 15) is 9.59 Å². The third-order valence-electron chi connectivity index (χ3n) is 2.66. The van der Waals surface area contributed by atoms with Crippen molar-refractivity contribution >= 4 is 17.6 Å². The zero-order valence-corrected chi connectivity index (χ0v) is 10.7. The topological polar surface area (TPSA) is 102 Å². The molecule has 0 saturated heterocycles. The van der Waals surface area contributed by atoms with Gasteiger partial charge in [-0.2, -0.15) is 0 Å². The molecule has 1 aliphatic heterocycles. The van der Waals surface area contributed by atoms with Crippen LogP contribution in [0.15, 0.2) is 41.0 Å². The van der Waals surface area contributed by atoms with Crippen LogP contribution in [0.5, 0.6) is 11.5 Å². The van der Waals surface area contributed by atoms with Gasteiger partial charge in [0, 0.05) is 11.8 Å². The number of furan rings is 1. The van der Waals surface area contributed by atoms with Gasteiger partial charge < -0.3 is 19.2 Å². The average molecular weight is 289 g/mol. The number of fused-ring (bicyclic) bond motifs is 1. The van der Waals surface area contributed by atoms with E-state index in [1.807, 2.05) is 0 Å². The molecule has 8 nitrogen and oxygen atoms in total. The van der Waals surface area contributed by atoms with Crippen LogP contribution in [0.2, 0.25) is 0 Å². The maximum absolute atomic E-state index is 11.6. The molecule has 0 aliphatic carbocycles. The van der Waals surface area contributed by atoms with Crippen LogP contribution >= 0.6 is 0 Å². The fraction of sp³-hybridized carbons (Fsp3) is 0.0769. The third-order valence-corrected chi connectivity index (χ3v) is 2.66. The number of benzene rings is 1. The number of carbonyl (C=O) groups is 2. The molecule has 3 amide bonds. The second-order valence-corrected chi connectivity index (χ2v) is 4.08. The molecular weight excluding hydrogens is 278 g/mol. The number of amides is 3. The van der Waals surface area contributed by atoms with E-state index >= 15 is 0 Å². The monoisotopic (exact) mass is 289 g/mol. The van der Waals surface area contributed by atoms with Gasteiger partial charge in [0.25, 0.3) is 0 Å². The van der Waals surface area contributed by atoms with Crippen molar-refractivity contribution in [3.63, 3.8) is 0 Å². The number of anilines is 1. The molecule has 3 rings (SSSR count). The number of hydrogen-bond donors (Lipinski definition) is 3. The molecule has 0 unspecified atom stereocenters. The van der Waals surface area contributed by atoms with Gasteiger partial charge in [-0.1, -0.05) is 0 Å². The first-order chi connectivity index (χ1) is 10.2. The molecule has 8 heteroatoms. The Morgan fingerprint density at radius 2 is 1.90 bits per heavy atom. The van der Waals surface area contributed by atoms with Crippen LogP contribution in [0.1, 0.15) is 10.6 Å². The largest absolute Gasteiger partial charge is 0.459 e. The molecule has 0 atom stereocenters. The van der Waals surface area contributed by atoms with E-state index in [2.05, 4.69) is 16.2 Å². The van der Waals surface area contributed by atoms with E-state index in [0.29, 0.717) is 17.2 Å². The number of nitrogens with one attached hydrogen (secondary N) is 3. The minimum absolute atomic E-state index is 0.0957. The Bertz CT molecular complexity index is 668. The maximum atomic E-state index is 11.6. The molecule has 1 aromatic carbocycles. The molecular formula is C13H11N3O5. The van der Waals surface area contributed by atoms with Gasteiger partial charge >= 0.3 is 11.9 Å². The first-order valence-electron chi connectivity index (χ1n) is 6.03. The van der Waals surface area contributed by atoms with Crippen LogP contribution in [-0.2, 0) is 0 Å². The summed E-state index contributed by atoms with van der Waals surface area (Å²) in [5, 5.41) is 2.54. The van der Waals surface area contributed by atoms with Crippen LogP contribution < -0.4 is 25.6 Å². The summed E-state index contributed by atoms with van der Waals surface area (Å²) in [5.74, 6) is 0.707. The zero-order valence-electron chi connectivity index (χ0n) is 10.7. The fourth-order valence-electron chi connectivity index (χ4n) is 1.72. The van der Waals surface area contributed by atoms with Crippen molar-refractivity contribution in [1.82, 2.24) is 10.9 Å². The smallest absolute Gasteiger partial charge is 0.337 e. The molecule has 0 radical (unpaired) electrons. The molecule has 2 aromatic rings. The minimum atomic E-state index is -0.603. The molecule has 21 heavy (non-hydrogen) atoms. The summed E-state index contributed by atoms with van der Waals surface area (Å²) < 4.78 is 15.2. The highest BCUT2D eigenvalue weighted by atomic mass is 16.7. The van der Waals surface area contributed by atoms with E-state index in [-0.39, 0.29) is 12.6 Å². The molecule has 0 spiro atoms. The maximum Gasteiger partial charge on any atom is 0.337 e. The number of carbonyl (C=O) groups excluding carboxylic acids is 2. The van der Waals surface area contributed by atoms with Crippen molar-refractivity contribution < 1.29 is 23.5 Å². The first-order valence-corrected chi connectivity index (χ1v) is 6.03. The molecule has 0 fully saturated rings. The number of hydrogen-bond acceptors (Lipinski definition) is 5. The second kappa shape index (κ2) is 5.45. The van der Waals surface area contributed by atoms with Crippen molar-refractivity contribution in [2.45, 2.75) is 0 Å². The molecule has 2 heterocycles. The van der Waals surface area contributed by atoms with Gasteiger partial charge in [-0.25, -0.2) is 10.2 Å². The lowest BCUT2D eigenvalue weighted by Gasteiger charge is -2.08. The Hall–Kier alpha value is -3.16. The molecule has 1 aliphatic rings. The molecule has 108 valence electrons. The summed E-state index contributed by atoms with van der Waals surface area (Å²) in [6, 6.07) is 7.40. The Morgan fingerprint density at radius 1 is 1.05 bits per heavy atom. The lowest BCUT2D eigenvalue weighted by molar-refractivity contribution is 0.0910. The fourth-order valence-corrected chi connectivity index (χ4v) is 1.72. The Balaban J connectivity index is 1.53. The predicted molar refractivity (Wildman–Crippen MR) is 70.9 cm³/mol. The van der Waals surface area contributed by atoms with Crippen molar-refractivity contribution in [2.75, 3.05) is 12.1 Å². The van der Waals surface area contributed by atoms with Gasteiger partial charge in [0.05, 0.1) is 6.26 Å². The summed E-state index contributed by atoms with van der Waals surface area (Å²) in [6.07, 6.45) is 1.36. The molecule has 3 N–H and O–H groups in total. The van der Waals surface area contributed by atoms with E-state index in [1.165, 1.54) is 12.3 Å². The van der Waals surface area contributed by atoms with Gasteiger partial charge in [-0.05, 0) is 24.3 Å². The standard InChI is InChI=1S/C13H11N3O5/c17-12(10-2-1-5-19-10)15-16-13(18)14-8-3-4-9-11(6-8)21-7-20-9/h1-6H,7H2,(H,15,17)(H2,14,16,18). The van der Waals surface area contributed by atoms with Crippen molar-refractivity contribution in [3.05, 3.63) is 42.4 Å². The molecule has 0 bridgehead atoms. The summed E-state index contributed by atoms with van der Waals surface area (Å²) in [4.78, 5) is 23.2. The van der Waals surface area contributed by atoms with E-state index in [0.717, 1.165) is 0 Å². The number of hydrazine groups is 1. The van der Waals surface area contributed by atoms with Crippen LogP contribution in [-0.4, -0.2) is 18.7 Å². The predicted octanol–water partition coefficient (Wildman–Crippen LogP) is 1.47. The highest BCUT2D eigenvalue weighted by Crippen LogP contribution is 2.34. The van der Waals surface area contributed by atoms with Gasteiger partial charge in [-0.3, -0.25) is 10.2 Å². The Kier molecular flexibility index (Phi) is 3.34. The Morgan fingerprint density at radius 3 is 2.71 bits per heavy atom. The van der Waals surface area contributed by atoms with E-state index in [1.54, 1.807) is 24.3 Å². The second-order valence-electron chi connectivity index (χ2n) is 4.08. The number of rotatable bonds is 2. The van der Waals surface area contributed by atoms with Crippen LogP contribution in [0.4, 0.5) is 10.5 Å². The SMILES string of the molecule is O=C(NNC(=O)c1ccco1)Nc1ccc2c(c1)OCO2. The summed E-state index contributed by atoms with van der Waals surface area (Å²) in [7, 11) is 0. The van der Waals surface area contributed by atoms with Crippen LogP contribution in [0.25, 0.3) is 0 Å². The quantitative estimate of drug-likeness (QED) is 0.727. The van der Waals surface area contributed by atoms with Crippen molar-refractivity contribution in [3.8, 4) is 11.5 Å². The lowest BCUT2D eigenvalue weighted by atomic mass is 10.3. The van der Waals surface area contributed by atoms with Gasteiger partial charge in [0.2, 0.25) is 6.79 Å². The Labute approximate surface area is 119 Å². The van der Waals surface area contributed by atoms with E-state index < -0.39 is 11.9 Å². The van der Waals surface area contributed by atoms with Gasteiger partial charge in [0.15, 0.2) is 17.3 Å². The number of urea groups is 1. The number of ether oxygens (including phenoxy) is 2. The molecule has 1 aromatic heterocycles.